The molecule has 0 aliphatic heterocycles. The lowest BCUT2D eigenvalue weighted by Gasteiger charge is -2.20. The summed E-state index contributed by atoms with van der Waals surface area (Å²) < 4.78 is 0. The quantitative estimate of drug-likeness (QED) is 0.647. The van der Waals surface area contributed by atoms with Crippen molar-refractivity contribution in [3.05, 3.63) is 17.7 Å². The van der Waals surface area contributed by atoms with Crippen LogP contribution in [-0.4, -0.2) is 21.2 Å². The smallest absolute Gasteiger partial charge is 0.170 e. The minimum atomic E-state index is -0.458. The van der Waals surface area contributed by atoms with Crippen LogP contribution in [-0.2, 0) is 5.54 Å². The van der Waals surface area contributed by atoms with Crippen molar-refractivity contribution in [1.29, 1.82) is 0 Å². The van der Waals surface area contributed by atoms with E-state index < -0.39 is 5.54 Å². The molecule has 0 spiro atoms. The molecular formula is C9H15N5. The van der Waals surface area contributed by atoms with Gasteiger partial charge < -0.3 is 11.5 Å². The van der Waals surface area contributed by atoms with Gasteiger partial charge in [0.25, 0.3) is 0 Å². The van der Waals surface area contributed by atoms with Crippen LogP contribution in [0.25, 0.3) is 0 Å². The van der Waals surface area contributed by atoms with Crippen LogP contribution in [0.3, 0.4) is 0 Å². The minimum Gasteiger partial charge on any atom is -0.328 e. The molecule has 1 aliphatic carbocycles. The van der Waals surface area contributed by atoms with Crippen molar-refractivity contribution in [1.82, 2.24) is 15.2 Å². The third kappa shape index (κ3) is 1.60. The van der Waals surface area contributed by atoms with Crippen LogP contribution in [0.4, 0.5) is 0 Å². The number of hydrogen-bond donors (Lipinski definition) is 2. The first-order valence-corrected chi connectivity index (χ1v) is 4.81. The average molecular weight is 193 g/mol. The van der Waals surface area contributed by atoms with Crippen LogP contribution < -0.4 is 11.5 Å². The predicted molar refractivity (Wildman–Crippen MR) is 52.3 cm³/mol. The van der Waals surface area contributed by atoms with E-state index >= 15 is 0 Å². The summed E-state index contributed by atoms with van der Waals surface area (Å²) in [7, 11) is 0. The summed E-state index contributed by atoms with van der Waals surface area (Å²) in [5.41, 5.74) is 12.3. The first-order chi connectivity index (χ1) is 6.60. The van der Waals surface area contributed by atoms with E-state index in [1.165, 1.54) is 0 Å². The highest BCUT2D eigenvalue weighted by molar-refractivity contribution is 5.09. The molecule has 14 heavy (non-hydrogen) atoms. The summed E-state index contributed by atoms with van der Waals surface area (Å²) in [5, 5.41) is 7.99. The Bertz CT molecular complexity index is 322. The van der Waals surface area contributed by atoms with Gasteiger partial charge in [0.15, 0.2) is 5.82 Å². The molecule has 5 heteroatoms. The third-order valence-electron chi connectivity index (χ3n) is 2.71. The lowest BCUT2D eigenvalue weighted by atomic mass is 9.98. The zero-order chi connectivity index (χ0) is 10.2. The molecule has 1 aromatic rings. The zero-order valence-corrected chi connectivity index (χ0v) is 8.27. The van der Waals surface area contributed by atoms with Crippen LogP contribution in [0.1, 0.15) is 30.8 Å². The van der Waals surface area contributed by atoms with Gasteiger partial charge in [-0.2, -0.15) is 5.10 Å². The Labute approximate surface area is 82.9 Å². The molecule has 0 radical (unpaired) electrons. The highest BCUT2D eigenvalue weighted by atomic mass is 15.2. The largest absolute Gasteiger partial charge is 0.328 e. The van der Waals surface area contributed by atoms with Gasteiger partial charge in [-0.3, -0.25) is 0 Å². The van der Waals surface area contributed by atoms with E-state index in [1.54, 1.807) is 6.20 Å². The summed E-state index contributed by atoms with van der Waals surface area (Å²) in [6.45, 7) is 1.85. The van der Waals surface area contributed by atoms with Gasteiger partial charge in [-0.05, 0) is 26.2 Å². The number of aryl methyl sites for hydroxylation is 1. The summed E-state index contributed by atoms with van der Waals surface area (Å²) in [5.74, 6) is 0.621. The van der Waals surface area contributed by atoms with Crippen molar-refractivity contribution in [2.45, 2.75) is 37.8 Å². The van der Waals surface area contributed by atoms with Gasteiger partial charge in [-0.25, -0.2) is 4.98 Å². The van der Waals surface area contributed by atoms with Crippen molar-refractivity contribution in [3.63, 3.8) is 0 Å². The Balaban J connectivity index is 2.26. The van der Waals surface area contributed by atoms with Crippen molar-refractivity contribution in [3.8, 4) is 0 Å². The van der Waals surface area contributed by atoms with Gasteiger partial charge in [0.1, 0.15) is 0 Å². The second-order valence-electron chi connectivity index (χ2n) is 4.08. The molecule has 1 heterocycles. The Morgan fingerprint density at radius 1 is 1.50 bits per heavy atom. The van der Waals surface area contributed by atoms with Crippen LogP contribution in [0.5, 0.6) is 0 Å². The second-order valence-corrected chi connectivity index (χ2v) is 4.08. The molecule has 0 bridgehead atoms. The number of hydrogen-bond acceptors (Lipinski definition) is 5. The third-order valence-corrected chi connectivity index (χ3v) is 2.71. The Morgan fingerprint density at radius 2 is 2.29 bits per heavy atom. The van der Waals surface area contributed by atoms with Gasteiger partial charge in [0.2, 0.25) is 0 Å². The maximum atomic E-state index is 6.18. The molecule has 2 rings (SSSR count). The highest BCUT2D eigenvalue weighted by Gasteiger charge is 2.38. The van der Waals surface area contributed by atoms with Crippen molar-refractivity contribution in [2.24, 2.45) is 11.5 Å². The summed E-state index contributed by atoms with van der Waals surface area (Å²) in [6, 6.07) is 0.171. The van der Waals surface area contributed by atoms with E-state index in [1.807, 2.05) is 6.92 Å². The monoisotopic (exact) mass is 193 g/mol. The Kier molecular flexibility index (Phi) is 2.20. The fourth-order valence-corrected chi connectivity index (χ4v) is 1.88. The zero-order valence-electron chi connectivity index (χ0n) is 8.27. The Hall–Kier alpha value is -1.07. The number of rotatable bonds is 1. The number of nitrogens with two attached hydrogens (primary N) is 2. The maximum absolute atomic E-state index is 6.18. The molecule has 1 aliphatic rings. The van der Waals surface area contributed by atoms with Gasteiger partial charge in [0, 0.05) is 6.04 Å². The summed E-state index contributed by atoms with van der Waals surface area (Å²) >= 11 is 0. The van der Waals surface area contributed by atoms with Gasteiger partial charge in [-0.15, -0.1) is 5.10 Å². The van der Waals surface area contributed by atoms with Gasteiger partial charge in [-0.1, -0.05) is 0 Å². The molecule has 1 saturated carbocycles. The molecule has 4 N–H and O–H groups in total. The number of aromatic nitrogens is 3. The maximum Gasteiger partial charge on any atom is 0.170 e. The van der Waals surface area contributed by atoms with Crippen LogP contribution in [0.15, 0.2) is 6.20 Å². The van der Waals surface area contributed by atoms with Gasteiger partial charge in [0.05, 0.1) is 17.4 Å². The van der Waals surface area contributed by atoms with Crippen LogP contribution in [0.2, 0.25) is 0 Å². The van der Waals surface area contributed by atoms with E-state index in [9.17, 15) is 0 Å². The lowest BCUT2D eigenvalue weighted by Crippen LogP contribution is -2.37. The van der Waals surface area contributed by atoms with Crippen molar-refractivity contribution >= 4 is 0 Å². The standard InChI is InChI=1S/C9H15N5/c1-6-5-12-8(14-13-6)9(11)3-2-7(10)4-9/h5,7H,2-4,10-11H2,1H3. The van der Waals surface area contributed by atoms with E-state index in [2.05, 4.69) is 15.2 Å². The van der Waals surface area contributed by atoms with E-state index in [0.29, 0.717) is 5.82 Å². The molecule has 5 nitrogen and oxygen atoms in total. The fraction of sp³-hybridized carbons (Fsp3) is 0.667. The first kappa shape index (κ1) is 9.48. The molecule has 1 aromatic heterocycles. The molecule has 0 amide bonds. The molecule has 76 valence electrons. The van der Waals surface area contributed by atoms with Crippen LogP contribution >= 0.6 is 0 Å². The van der Waals surface area contributed by atoms with E-state index in [-0.39, 0.29) is 6.04 Å². The molecule has 0 saturated heterocycles. The average Bonchev–Trinajstić information content (AvgIpc) is 2.48. The first-order valence-electron chi connectivity index (χ1n) is 4.81. The highest BCUT2D eigenvalue weighted by Crippen LogP contribution is 2.33. The molecule has 2 atom stereocenters. The van der Waals surface area contributed by atoms with Crippen molar-refractivity contribution in [2.75, 3.05) is 0 Å². The summed E-state index contributed by atoms with van der Waals surface area (Å²) in [4.78, 5) is 4.21. The fourth-order valence-electron chi connectivity index (χ4n) is 1.88. The van der Waals surface area contributed by atoms with E-state index in [0.717, 1.165) is 25.0 Å². The van der Waals surface area contributed by atoms with E-state index in [4.69, 9.17) is 11.5 Å². The molecular weight excluding hydrogens is 178 g/mol. The molecule has 0 aromatic carbocycles. The summed E-state index contributed by atoms with van der Waals surface area (Å²) in [6.07, 6.45) is 4.23. The predicted octanol–water partition coefficient (Wildman–Crippen LogP) is -0.155. The van der Waals surface area contributed by atoms with Crippen LogP contribution in [0, 0.1) is 6.92 Å². The normalized spacial score (nSPS) is 32.1. The van der Waals surface area contributed by atoms with Gasteiger partial charge >= 0.3 is 0 Å². The molecule has 2 unspecified atom stereocenters. The molecule has 1 fully saturated rings. The lowest BCUT2D eigenvalue weighted by molar-refractivity contribution is 0.417. The minimum absolute atomic E-state index is 0.171. The Morgan fingerprint density at radius 3 is 2.79 bits per heavy atom. The second kappa shape index (κ2) is 3.25. The van der Waals surface area contributed by atoms with Crippen molar-refractivity contribution < 1.29 is 0 Å². The topological polar surface area (TPSA) is 90.7 Å². The SMILES string of the molecule is Cc1cnc(C2(N)CCC(N)C2)nn1. The number of nitrogens with zero attached hydrogens (tertiary/aromatic N) is 3.